The van der Waals surface area contributed by atoms with Crippen LogP contribution in [0.2, 0.25) is 0 Å². The highest BCUT2D eigenvalue weighted by Gasteiger charge is 2.47. The minimum atomic E-state index is -3.13. The summed E-state index contributed by atoms with van der Waals surface area (Å²) < 4.78 is 34.8. The summed E-state index contributed by atoms with van der Waals surface area (Å²) >= 11 is 0. The lowest BCUT2D eigenvalue weighted by molar-refractivity contribution is -0.132. The minimum absolute atomic E-state index is 0.106. The molecule has 8 nitrogen and oxygen atoms in total. The SMILES string of the molecule is O=C(c1ccccc1-n1nccn1)N1CCC(F)(F)C(Oc2ncc3ccccc3n2)C1. The minimum Gasteiger partial charge on any atom is -0.452 e. The molecule has 2 aromatic carbocycles. The van der Waals surface area contributed by atoms with Crippen molar-refractivity contribution in [3.8, 4) is 11.7 Å². The van der Waals surface area contributed by atoms with Crippen molar-refractivity contribution in [3.05, 3.63) is 72.7 Å². The van der Waals surface area contributed by atoms with Crippen molar-refractivity contribution in [2.24, 2.45) is 0 Å². The Kier molecular flexibility index (Phi) is 4.96. The number of aromatic nitrogens is 5. The molecule has 0 radical (unpaired) electrons. The Morgan fingerprint density at radius 3 is 2.66 bits per heavy atom. The third-order valence-corrected chi connectivity index (χ3v) is 5.34. The summed E-state index contributed by atoms with van der Waals surface area (Å²) in [6.45, 7) is -0.409. The van der Waals surface area contributed by atoms with E-state index in [-0.39, 0.29) is 19.1 Å². The van der Waals surface area contributed by atoms with Crippen LogP contribution in [0.3, 0.4) is 0 Å². The number of rotatable bonds is 4. The van der Waals surface area contributed by atoms with E-state index in [1.54, 1.807) is 36.4 Å². The summed E-state index contributed by atoms with van der Waals surface area (Å²) in [6.07, 6.45) is 2.41. The van der Waals surface area contributed by atoms with Gasteiger partial charge in [-0.25, -0.2) is 13.8 Å². The van der Waals surface area contributed by atoms with Gasteiger partial charge in [0.2, 0.25) is 0 Å². The molecule has 0 spiro atoms. The van der Waals surface area contributed by atoms with Gasteiger partial charge in [-0.1, -0.05) is 30.3 Å². The monoisotopic (exact) mass is 436 g/mol. The molecule has 4 aromatic rings. The van der Waals surface area contributed by atoms with Crippen LogP contribution in [0, 0.1) is 0 Å². The number of carbonyl (C=O) groups excluding carboxylic acids is 1. The molecule has 1 unspecified atom stereocenters. The van der Waals surface area contributed by atoms with E-state index in [9.17, 15) is 13.6 Å². The van der Waals surface area contributed by atoms with E-state index in [2.05, 4.69) is 20.2 Å². The maximum absolute atomic E-state index is 14.7. The fourth-order valence-corrected chi connectivity index (χ4v) is 3.66. The molecule has 0 aliphatic carbocycles. The molecular weight excluding hydrogens is 418 g/mol. The van der Waals surface area contributed by atoms with Gasteiger partial charge in [0.25, 0.3) is 11.8 Å². The lowest BCUT2D eigenvalue weighted by atomic mass is 10.0. The van der Waals surface area contributed by atoms with Gasteiger partial charge in [-0.05, 0) is 18.2 Å². The lowest BCUT2D eigenvalue weighted by Gasteiger charge is -2.37. The summed E-state index contributed by atoms with van der Waals surface area (Å²) in [6, 6.07) is 13.8. The van der Waals surface area contributed by atoms with E-state index < -0.39 is 24.4 Å². The molecule has 1 aliphatic heterocycles. The highest BCUT2D eigenvalue weighted by atomic mass is 19.3. The first-order chi connectivity index (χ1) is 15.5. The molecule has 0 N–H and O–H groups in total. The van der Waals surface area contributed by atoms with E-state index in [0.717, 1.165) is 5.39 Å². The molecule has 0 bridgehead atoms. The van der Waals surface area contributed by atoms with Crippen molar-refractivity contribution >= 4 is 16.8 Å². The number of ether oxygens (including phenoxy) is 1. The Morgan fingerprint density at radius 2 is 1.81 bits per heavy atom. The fourth-order valence-electron chi connectivity index (χ4n) is 3.66. The number of nitrogens with zero attached hydrogens (tertiary/aromatic N) is 6. The standard InChI is InChI=1S/C22H18F2N6O2/c23-22(24)9-12-29(20(31)16-6-2-4-8-18(16)30-26-10-11-27-30)14-19(22)32-21-25-13-15-5-1-3-7-17(15)28-21/h1-8,10-11,13,19H,9,12,14H2. The summed E-state index contributed by atoms with van der Waals surface area (Å²) in [4.78, 5) is 24.2. The van der Waals surface area contributed by atoms with Crippen LogP contribution in [0.25, 0.3) is 16.6 Å². The van der Waals surface area contributed by atoms with E-state index >= 15 is 0 Å². The number of hydrogen-bond donors (Lipinski definition) is 0. The molecule has 3 heterocycles. The van der Waals surface area contributed by atoms with Gasteiger partial charge in [0.15, 0.2) is 6.10 Å². The first kappa shape index (κ1) is 20.0. The predicted molar refractivity (Wildman–Crippen MR) is 111 cm³/mol. The Labute approximate surface area is 181 Å². The van der Waals surface area contributed by atoms with Crippen LogP contribution in [0.4, 0.5) is 8.78 Å². The molecular formula is C22H18F2N6O2. The highest BCUT2D eigenvalue weighted by Crippen LogP contribution is 2.32. The largest absolute Gasteiger partial charge is 0.452 e. The summed E-state index contributed by atoms with van der Waals surface area (Å²) in [7, 11) is 0. The second-order valence-corrected chi connectivity index (χ2v) is 7.42. The fraction of sp³-hybridized carbons (Fsp3) is 0.227. The van der Waals surface area contributed by atoms with Gasteiger partial charge in [-0.3, -0.25) is 4.79 Å². The van der Waals surface area contributed by atoms with Crippen molar-refractivity contribution in [2.75, 3.05) is 13.1 Å². The van der Waals surface area contributed by atoms with E-state index in [1.165, 1.54) is 28.3 Å². The van der Waals surface area contributed by atoms with Crippen LogP contribution in [0.5, 0.6) is 6.01 Å². The lowest BCUT2D eigenvalue weighted by Crippen LogP contribution is -2.55. The third kappa shape index (κ3) is 3.75. The van der Waals surface area contributed by atoms with Crippen LogP contribution in [0.15, 0.2) is 67.1 Å². The molecule has 1 fully saturated rings. The topological polar surface area (TPSA) is 86.0 Å². The van der Waals surface area contributed by atoms with Crippen LogP contribution < -0.4 is 4.74 Å². The van der Waals surface area contributed by atoms with Crippen LogP contribution in [-0.4, -0.2) is 60.9 Å². The zero-order valence-corrected chi connectivity index (χ0v) is 16.8. The predicted octanol–water partition coefficient (Wildman–Crippen LogP) is 3.14. The maximum atomic E-state index is 14.7. The highest BCUT2D eigenvalue weighted by molar-refractivity contribution is 5.97. The van der Waals surface area contributed by atoms with Crippen molar-refractivity contribution in [1.82, 2.24) is 29.9 Å². The number of likely N-dealkylation sites (tertiary alicyclic amines) is 1. The normalized spacial score (nSPS) is 17.9. The zero-order valence-electron chi connectivity index (χ0n) is 16.8. The molecule has 1 aliphatic rings. The molecule has 1 amide bonds. The van der Waals surface area contributed by atoms with Crippen LogP contribution in [-0.2, 0) is 0 Å². The third-order valence-electron chi connectivity index (χ3n) is 5.34. The first-order valence-electron chi connectivity index (χ1n) is 10.0. The summed E-state index contributed by atoms with van der Waals surface area (Å²) in [5.74, 6) is -3.53. The van der Waals surface area contributed by atoms with Gasteiger partial charge >= 0.3 is 6.01 Å². The Bertz CT molecular complexity index is 1260. The molecule has 162 valence electrons. The molecule has 0 saturated carbocycles. The molecule has 1 saturated heterocycles. The molecule has 5 rings (SSSR count). The first-order valence-corrected chi connectivity index (χ1v) is 10.0. The van der Waals surface area contributed by atoms with Crippen molar-refractivity contribution in [2.45, 2.75) is 18.4 Å². The number of hydrogen-bond acceptors (Lipinski definition) is 6. The number of carbonyl (C=O) groups is 1. The average Bonchev–Trinajstić information content (AvgIpc) is 3.35. The number of fused-ring (bicyclic) bond motifs is 1. The number of amides is 1. The Hall–Kier alpha value is -3.95. The Morgan fingerprint density at radius 1 is 1.06 bits per heavy atom. The smallest absolute Gasteiger partial charge is 0.317 e. The van der Waals surface area contributed by atoms with Gasteiger partial charge in [-0.15, -0.1) is 0 Å². The van der Waals surface area contributed by atoms with Gasteiger partial charge in [0.1, 0.15) is 0 Å². The van der Waals surface area contributed by atoms with Crippen molar-refractivity contribution < 1.29 is 18.3 Å². The van der Waals surface area contributed by atoms with E-state index in [0.29, 0.717) is 16.8 Å². The van der Waals surface area contributed by atoms with Gasteiger partial charge in [0.05, 0.1) is 35.7 Å². The van der Waals surface area contributed by atoms with E-state index in [1.807, 2.05) is 12.1 Å². The van der Waals surface area contributed by atoms with Crippen molar-refractivity contribution in [1.29, 1.82) is 0 Å². The molecule has 2 aromatic heterocycles. The number of halogens is 2. The quantitative estimate of drug-likeness (QED) is 0.489. The molecule has 1 atom stereocenters. The number of alkyl halides is 2. The van der Waals surface area contributed by atoms with Crippen LogP contribution in [0.1, 0.15) is 16.8 Å². The van der Waals surface area contributed by atoms with Crippen LogP contribution >= 0.6 is 0 Å². The number of para-hydroxylation sites is 2. The molecule has 32 heavy (non-hydrogen) atoms. The van der Waals surface area contributed by atoms with Gasteiger partial charge in [-0.2, -0.15) is 20.0 Å². The number of benzene rings is 2. The van der Waals surface area contributed by atoms with Crippen molar-refractivity contribution in [3.63, 3.8) is 0 Å². The number of piperidine rings is 1. The van der Waals surface area contributed by atoms with Gasteiger partial charge < -0.3 is 9.64 Å². The Balaban J connectivity index is 1.39. The molecule has 10 heteroatoms. The maximum Gasteiger partial charge on any atom is 0.317 e. The van der Waals surface area contributed by atoms with E-state index in [4.69, 9.17) is 4.74 Å². The van der Waals surface area contributed by atoms with Gasteiger partial charge in [0, 0.05) is 24.5 Å². The second-order valence-electron chi connectivity index (χ2n) is 7.42. The summed E-state index contributed by atoms with van der Waals surface area (Å²) in [5.41, 5.74) is 1.37. The average molecular weight is 436 g/mol. The zero-order chi connectivity index (χ0) is 22.1. The second kappa shape index (κ2) is 7.95. The summed E-state index contributed by atoms with van der Waals surface area (Å²) in [5, 5.41) is 8.91.